The van der Waals surface area contributed by atoms with Crippen LogP contribution in [0.25, 0.3) is 0 Å². The number of guanidine groups is 1. The van der Waals surface area contributed by atoms with E-state index in [1.165, 1.54) is 0 Å². The zero-order valence-corrected chi connectivity index (χ0v) is 21.9. The van der Waals surface area contributed by atoms with Gasteiger partial charge in [0.15, 0.2) is 5.96 Å². The number of piperidine rings is 2. The lowest BCUT2D eigenvalue weighted by Gasteiger charge is -2.32. The number of aliphatic hydroxyl groups is 1. The third-order valence-corrected chi connectivity index (χ3v) is 5.94. The van der Waals surface area contributed by atoms with Crippen LogP contribution in [0.1, 0.15) is 45.1 Å². The molecule has 0 bridgehead atoms. The van der Waals surface area contributed by atoms with Crippen LogP contribution in [0.3, 0.4) is 0 Å². The Morgan fingerprint density at radius 3 is 2.48 bits per heavy atom. The molecule has 0 atom stereocenters. The molecule has 8 nitrogen and oxygen atoms in total. The van der Waals surface area contributed by atoms with Crippen LogP contribution >= 0.6 is 24.0 Å². The number of nitrogens with zero attached hydrogens (tertiary/aromatic N) is 3. The maximum absolute atomic E-state index is 14.7. The Labute approximate surface area is 213 Å². The lowest BCUT2D eigenvalue weighted by Crippen LogP contribution is -2.49. The number of aliphatic imine (C=N–C) groups is 1. The molecule has 10 heteroatoms. The largest absolute Gasteiger partial charge is 0.450 e. The number of benzene rings is 1. The number of amides is 1. The number of aliphatic hydroxyl groups excluding tert-OH is 1. The van der Waals surface area contributed by atoms with Crippen LogP contribution < -0.4 is 15.5 Å². The summed E-state index contributed by atoms with van der Waals surface area (Å²) in [6.45, 7) is 7.92. The summed E-state index contributed by atoms with van der Waals surface area (Å²) in [5.74, 6) is 0.440. The highest BCUT2D eigenvalue weighted by atomic mass is 127. The second kappa shape index (κ2) is 13.8. The highest BCUT2D eigenvalue weighted by Crippen LogP contribution is 2.24. The number of likely N-dealkylation sites (tertiary alicyclic amines) is 1. The molecule has 2 aliphatic rings. The minimum Gasteiger partial charge on any atom is -0.450 e. The third kappa shape index (κ3) is 8.16. The Bertz CT molecular complexity index is 781. The predicted molar refractivity (Wildman–Crippen MR) is 139 cm³/mol. The number of halogens is 2. The molecule has 2 heterocycles. The van der Waals surface area contributed by atoms with Gasteiger partial charge in [-0.25, -0.2) is 14.2 Å². The fourth-order valence-electron chi connectivity index (χ4n) is 4.12. The Kier molecular flexibility index (Phi) is 11.5. The second-order valence-electron chi connectivity index (χ2n) is 8.30. The Hall–Kier alpha value is -1.82. The van der Waals surface area contributed by atoms with Gasteiger partial charge in [0, 0.05) is 38.8 Å². The van der Waals surface area contributed by atoms with Gasteiger partial charge >= 0.3 is 6.09 Å². The van der Waals surface area contributed by atoms with E-state index in [1.807, 2.05) is 30.9 Å². The van der Waals surface area contributed by atoms with Crippen molar-refractivity contribution in [2.45, 2.75) is 58.2 Å². The smallest absolute Gasteiger partial charge is 0.409 e. The number of ether oxygens (including phenoxy) is 1. The quantitative estimate of drug-likeness (QED) is 0.274. The molecule has 0 saturated carbocycles. The van der Waals surface area contributed by atoms with Crippen molar-refractivity contribution in [3.05, 3.63) is 29.6 Å². The van der Waals surface area contributed by atoms with Crippen molar-refractivity contribution in [2.75, 3.05) is 44.2 Å². The minimum absolute atomic E-state index is 0. The summed E-state index contributed by atoms with van der Waals surface area (Å²) in [7, 11) is 0. The van der Waals surface area contributed by atoms with E-state index < -0.39 is 0 Å². The molecule has 3 rings (SSSR count). The maximum atomic E-state index is 14.7. The van der Waals surface area contributed by atoms with Gasteiger partial charge in [-0.05, 0) is 57.2 Å². The van der Waals surface area contributed by atoms with Gasteiger partial charge in [0.25, 0.3) is 0 Å². The van der Waals surface area contributed by atoms with Crippen molar-refractivity contribution < 1.29 is 19.0 Å². The lowest BCUT2D eigenvalue weighted by molar-refractivity contribution is 0.0963. The van der Waals surface area contributed by atoms with E-state index in [0.29, 0.717) is 63.8 Å². The average Bonchev–Trinajstić information content (AvgIpc) is 2.79. The van der Waals surface area contributed by atoms with Crippen LogP contribution in [0.5, 0.6) is 0 Å². The number of carbonyl (C=O) groups is 1. The van der Waals surface area contributed by atoms with Crippen LogP contribution in [-0.4, -0.2) is 73.5 Å². The fourth-order valence-corrected chi connectivity index (χ4v) is 4.12. The predicted octanol–water partition coefficient (Wildman–Crippen LogP) is 3.08. The molecule has 2 saturated heterocycles. The normalized spacial score (nSPS) is 18.0. The van der Waals surface area contributed by atoms with Crippen LogP contribution in [0, 0.1) is 5.82 Å². The molecule has 0 spiro atoms. The van der Waals surface area contributed by atoms with Gasteiger partial charge in [-0.3, -0.25) is 0 Å². The van der Waals surface area contributed by atoms with E-state index in [2.05, 4.69) is 15.6 Å². The van der Waals surface area contributed by atoms with Crippen molar-refractivity contribution in [1.82, 2.24) is 15.5 Å². The van der Waals surface area contributed by atoms with Gasteiger partial charge in [0.1, 0.15) is 5.82 Å². The van der Waals surface area contributed by atoms with Crippen LogP contribution in [-0.2, 0) is 11.3 Å². The second-order valence-corrected chi connectivity index (χ2v) is 8.30. The first-order valence-electron chi connectivity index (χ1n) is 11.7. The number of hydrogen-bond donors (Lipinski definition) is 3. The number of rotatable bonds is 6. The van der Waals surface area contributed by atoms with E-state index in [1.54, 1.807) is 11.0 Å². The fraction of sp³-hybridized carbons (Fsp3) is 0.652. The first kappa shape index (κ1) is 27.4. The topological polar surface area (TPSA) is 89.4 Å². The Balaban J connectivity index is 0.00000385. The van der Waals surface area contributed by atoms with Gasteiger partial charge in [0.2, 0.25) is 0 Å². The zero-order valence-electron chi connectivity index (χ0n) is 19.6. The first-order chi connectivity index (χ1) is 15.5. The van der Waals surface area contributed by atoms with Crippen molar-refractivity contribution in [3.63, 3.8) is 0 Å². The molecule has 33 heavy (non-hydrogen) atoms. The van der Waals surface area contributed by atoms with Crippen LogP contribution in [0.4, 0.5) is 14.9 Å². The summed E-state index contributed by atoms with van der Waals surface area (Å²) in [6, 6.07) is 5.48. The molecule has 2 aliphatic heterocycles. The van der Waals surface area contributed by atoms with Crippen molar-refractivity contribution in [3.8, 4) is 0 Å². The molecule has 0 aliphatic carbocycles. The lowest BCUT2D eigenvalue weighted by atomic mass is 10.1. The average molecular weight is 577 g/mol. The monoisotopic (exact) mass is 577 g/mol. The molecule has 1 amide bonds. The highest BCUT2D eigenvalue weighted by molar-refractivity contribution is 14.0. The summed E-state index contributed by atoms with van der Waals surface area (Å²) in [5, 5.41) is 16.3. The summed E-state index contributed by atoms with van der Waals surface area (Å²) in [5.41, 5.74) is 1.39. The Morgan fingerprint density at radius 2 is 1.88 bits per heavy atom. The van der Waals surface area contributed by atoms with E-state index in [0.717, 1.165) is 24.9 Å². The van der Waals surface area contributed by atoms with Crippen LogP contribution in [0.15, 0.2) is 23.2 Å². The van der Waals surface area contributed by atoms with Crippen molar-refractivity contribution in [1.29, 1.82) is 0 Å². The molecule has 0 aromatic heterocycles. The molecule has 2 fully saturated rings. The molecule has 3 N–H and O–H groups in total. The van der Waals surface area contributed by atoms with Gasteiger partial charge < -0.3 is 30.3 Å². The molecule has 186 valence electrons. The molecule has 1 aromatic carbocycles. The van der Waals surface area contributed by atoms with E-state index in [9.17, 15) is 14.3 Å². The summed E-state index contributed by atoms with van der Waals surface area (Å²) >= 11 is 0. The number of carbonyl (C=O) groups excluding carboxylic acids is 1. The molecular formula is C23H37FIN5O3. The van der Waals surface area contributed by atoms with Crippen molar-refractivity contribution in [2.24, 2.45) is 4.99 Å². The number of hydrogen-bond acceptors (Lipinski definition) is 5. The van der Waals surface area contributed by atoms with Gasteiger partial charge in [-0.2, -0.15) is 0 Å². The zero-order chi connectivity index (χ0) is 22.9. The first-order valence-corrected chi connectivity index (χ1v) is 11.7. The molecular weight excluding hydrogens is 540 g/mol. The molecule has 1 aromatic rings. The van der Waals surface area contributed by atoms with Crippen LogP contribution in [0.2, 0.25) is 0 Å². The van der Waals surface area contributed by atoms with Crippen molar-refractivity contribution >= 4 is 41.7 Å². The van der Waals surface area contributed by atoms with Gasteiger partial charge in [-0.1, -0.05) is 6.07 Å². The Morgan fingerprint density at radius 1 is 1.18 bits per heavy atom. The number of nitrogens with one attached hydrogen (secondary N) is 2. The summed E-state index contributed by atoms with van der Waals surface area (Å²) < 4.78 is 19.8. The highest BCUT2D eigenvalue weighted by Gasteiger charge is 2.24. The van der Waals surface area contributed by atoms with E-state index >= 15 is 0 Å². The number of anilines is 1. The van der Waals surface area contributed by atoms with Gasteiger partial charge in [0.05, 0.1) is 24.9 Å². The van der Waals surface area contributed by atoms with E-state index in [4.69, 9.17) is 4.74 Å². The van der Waals surface area contributed by atoms with E-state index in [-0.39, 0.29) is 48.0 Å². The third-order valence-electron chi connectivity index (χ3n) is 5.94. The summed E-state index contributed by atoms with van der Waals surface area (Å²) in [4.78, 5) is 20.2. The summed E-state index contributed by atoms with van der Waals surface area (Å²) in [6.07, 6.45) is 2.44. The maximum Gasteiger partial charge on any atom is 0.409 e. The standard InChI is InChI=1S/C23H36FN5O3.HI/c1-3-25-22(27-18-7-11-29(12-8-18)23(31)32-4-2)26-16-17-5-6-21(20(24)15-17)28-13-9-19(30)10-14-28;/h5-6,15,18-19,30H,3-4,7-14,16H2,1-2H3,(H2,25,26,27);1H. The van der Waals surface area contributed by atoms with Gasteiger partial charge in [-0.15, -0.1) is 24.0 Å². The molecule has 0 unspecified atom stereocenters. The minimum atomic E-state index is -0.280. The SMILES string of the molecule is CCNC(=NCc1ccc(N2CCC(O)CC2)c(F)c1)NC1CCN(C(=O)OCC)CC1.I. The molecule has 0 radical (unpaired) electrons.